The van der Waals surface area contributed by atoms with Gasteiger partial charge >= 0.3 is 0 Å². The van der Waals surface area contributed by atoms with E-state index < -0.39 is 5.41 Å². The molecule has 0 spiro atoms. The van der Waals surface area contributed by atoms with E-state index in [1.54, 1.807) is 12.3 Å². The monoisotopic (exact) mass is 297 g/mol. The fourth-order valence-corrected chi connectivity index (χ4v) is 2.70. The molecular formula is C16H15N3O3. The molecule has 2 aromatic rings. The third kappa shape index (κ3) is 2.07. The van der Waals surface area contributed by atoms with Gasteiger partial charge in [0.2, 0.25) is 18.6 Å². The van der Waals surface area contributed by atoms with Crippen LogP contribution < -0.4 is 14.8 Å². The first-order chi connectivity index (χ1) is 10.7. The molecule has 1 N–H and O–H groups in total. The fraction of sp³-hybridized carbons (Fsp3) is 0.312. The van der Waals surface area contributed by atoms with Crippen molar-refractivity contribution in [3.05, 3.63) is 41.7 Å². The first-order valence-corrected chi connectivity index (χ1v) is 7.19. The molecule has 1 saturated carbocycles. The summed E-state index contributed by atoms with van der Waals surface area (Å²) in [4.78, 5) is 20.9. The Morgan fingerprint density at radius 2 is 2.05 bits per heavy atom. The number of fused-ring (bicyclic) bond motifs is 1. The van der Waals surface area contributed by atoms with Gasteiger partial charge in [0.25, 0.3) is 0 Å². The lowest BCUT2D eigenvalue weighted by Gasteiger charge is -2.15. The maximum absolute atomic E-state index is 12.6. The van der Waals surface area contributed by atoms with Crippen LogP contribution in [0, 0.1) is 6.92 Å². The van der Waals surface area contributed by atoms with Crippen molar-refractivity contribution in [2.24, 2.45) is 0 Å². The SMILES string of the molecule is Cc1ccnc(NC(=O)C2(c3ccc4c(c3)OCO4)CC2)n1. The van der Waals surface area contributed by atoms with Crippen molar-refractivity contribution >= 4 is 11.9 Å². The number of anilines is 1. The van der Waals surface area contributed by atoms with Gasteiger partial charge in [0.15, 0.2) is 11.5 Å². The van der Waals surface area contributed by atoms with Gasteiger partial charge in [0, 0.05) is 11.9 Å². The van der Waals surface area contributed by atoms with E-state index in [9.17, 15) is 4.79 Å². The van der Waals surface area contributed by atoms with E-state index in [2.05, 4.69) is 15.3 Å². The average molecular weight is 297 g/mol. The normalized spacial score (nSPS) is 17.1. The molecule has 0 saturated heterocycles. The number of benzene rings is 1. The van der Waals surface area contributed by atoms with Crippen LogP contribution in [0.5, 0.6) is 11.5 Å². The van der Waals surface area contributed by atoms with Crippen LogP contribution >= 0.6 is 0 Å². The lowest BCUT2D eigenvalue weighted by atomic mass is 9.94. The molecule has 1 aromatic carbocycles. The number of aryl methyl sites for hydroxylation is 1. The van der Waals surface area contributed by atoms with E-state index >= 15 is 0 Å². The van der Waals surface area contributed by atoms with Gasteiger partial charge in [-0.1, -0.05) is 6.07 Å². The first kappa shape index (κ1) is 13.1. The number of aromatic nitrogens is 2. The Kier molecular flexibility index (Phi) is 2.79. The number of nitrogens with one attached hydrogen (secondary N) is 1. The molecule has 0 radical (unpaired) electrons. The molecule has 0 unspecified atom stereocenters. The number of amides is 1. The van der Waals surface area contributed by atoms with Crippen molar-refractivity contribution in [1.82, 2.24) is 9.97 Å². The molecule has 22 heavy (non-hydrogen) atoms. The quantitative estimate of drug-likeness (QED) is 0.940. The Hall–Kier alpha value is -2.63. The van der Waals surface area contributed by atoms with Crippen LogP contribution in [0.4, 0.5) is 5.95 Å². The van der Waals surface area contributed by atoms with E-state index in [-0.39, 0.29) is 12.7 Å². The lowest BCUT2D eigenvalue weighted by molar-refractivity contribution is -0.118. The van der Waals surface area contributed by atoms with Gasteiger partial charge in [-0.2, -0.15) is 0 Å². The maximum atomic E-state index is 12.6. The Balaban J connectivity index is 1.60. The number of carbonyl (C=O) groups excluding carboxylic acids is 1. The summed E-state index contributed by atoms with van der Waals surface area (Å²) in [6, 6.07) is 7.47. The molecular weight excluding hydrogens is 282 g/mol. The van der Waals surface area contributed by atoms with Crippen molar-refractivity contribution in [3.63, 3.8) is 0 Å². The van der Waals surface area contributed by atoms with Crippen molar-refractivity contribution in [1.29, 1.82) is 0 Å². The molecule has 1 aromatic heterocycles. The summed E-state index contributed by atoms with van der Waals surface area (Å²) in [5.74, 6) is 1.69. The summed E-state index contributed by atoms with van der Waals surface area (Å²) < 4.78 is 10.7. The van der Waals surface area contributed by atoms with Crippen LogP contribution in [-0.2, 0) is 10.2 Å². The van der Waals surface area contributed by atoms with Gasteiger partial charge in [-0.25, -0.2) is 9.97 Å². The summed E-state index contributed by atoms with van der Waals surface area (Å²) in [5.41, 5.74) is 1.26. The molecule has 6 nitrogen and oxygen atoms in total. The summed E-state index contributed by atoms with van der Waals surface area (Å²) >= 11 is 0. The lowest BCUT2D eigenvalue weighted by Crippen LogP contribution is -2.28. The van der Waals surface area contributed by atoms with Crippen LogP contribution in [0.1, 0.15) is 24.1 Å². The van der Waals surface area contributed by atoms with Gasteiger partial charge in [-0.15, -0.1) is 0 Å². The molecule has 0 atom stereocenters. The van der Waals surface area contributed by atoms with E-state index in [0.29, 0.717) is 11.7 Å². The zero-order chi connectivity index (χ0) is 15.2. The Morgan fingerprint density at radius 1 is 1.23 bits per heavy atom. The van der Waals surface area contributed by atoms with Gasteiger partial charge in [0.1, 0.15) is 0 Å². The highest BCUT2D eigenvalue weighted by atomic mass is 16.7. The Bertz CT molecular complexity index is 756. The Labute approximate surface area is 127 Å². The molecule has 2 aliphatic rings. The minimum atomic E-state index is -0.506. The summed E-state index contributed by atoms with van der Waals surface area (Å²) in [6.07, 6.45) is 3.26. The second-order valence-electron chi connectivity index (χ2n) is 5.63. The van der Waals surface area contributed by atoms with Gasteiger partial charge < -0.3 is 9.47 Å². The predicted octanol–water partition coefficient (Wildman–Crippen LogP) is 2.18. The number of nitrogens with zero attached hydrogens (tertiary/aromatic N) is 2. The van der Waals surface area contributed by atoms with E-state index in [4.69, 9.17) is 9.47 Å². The van der Waals surface area contributed by atoms with E-state index in [1.165, 1.54) is 0 Å². The molecule has 4 rings (SSSR count). The van der Waals surface area contributed by atoms with Crippen molar-refractivity contribution < 1.29 is 14.3 Å². The molecule has 1 aliphatic carbocycles. The minimum Gasteiger partial charge on any atom is -0.454 e. The van der Waals surface area contributed by atoms with E-state index in [1.807, 2.05) is 25.1 Å². The highest BCUT2D eigenvalue weighted by Gasteiger charge is 2.52. The van der Waals surface area contributed by atoms with Crippen molar-refractivity contribution in [2.75, 3.05) is 12.1 Å². The standard InChI is InChI=1S/C16H15N3O3/c1-10-4-7-17-15(18-10)19-14(20)16(5-6-16)11-2-3-12-13(8-11)22-9-21-12/h2-4,7-8H,5-6,9H2,1H3,(H,17,18,19,20). The van der Waals surface area contributed by atoms with Crippen LogP contribution in [-0.4, -0.2) is 22.7 Å². The van der Waals surface area contributed by atoms with Crippen LogP contribution in [0.25, 0.3) is 0 Å². The predicted molar refractivity (Wildman–Crippen MR) is 78.9 cm³/mol. The zero-order valence-electron chi connectivity index (χ0n) is 12.1. The summed E-state index contributed by atoms with van der Waals surface area (Å²) in [7, 11) is 0. The molecule has 0 bridgehead atoms. The maximum Gasteiger partial charge on any atom is 0.237 e. The largest absolute Gasteiger partial charge is 0.454 e. The van der Waals surface area contributed by atoms with Crippen LogP contribution in [0.2, 0.25) is 0 Å². The Morgan fingerprint density at radius 3 is 2.82 bits per heavy atom. The number of rotatable bonds is 3. The minimum absolute atomic E-state index is 0.0723. The fourth-order valence-electron chi connectivity index (χ4n) is 2.70. The number of carbonyl (C=O) groups is 1. The average Bonchev–Trinajstić information content (AvgIpc) is 3.19. The van der Waals surface area contributed by atoms with Crippen molar-refractivity contribution in [2.45, 2.75) is 25.2 Å². The molecule has 1 fully saturated rings. The molecule has 2 heterocycles. The zero-order valence-corrected chi connectivity index (χ0v) is 12.1. The van der Waals surface area contributed by atoms with Gasteiger partial charge in [-0.05, 0) is 43.5 Å². The summed E-state index contributed by atoms with van der Waals surface area (Å²) in [5, 5.41) is 2.82. The van der Waals surface area contributed by atoms with Crippen LogP contribution in [0.3, 0.4) is 0 Å². The van der Waals surface area contributed by atoms with Gasteiger partial charge in [0.05, 0.1) is 5.41 Å². The third-order valence-corrected chi connectivity index (χ3v) is 4.13. The van der Waals surface area contributed by atoms with Gasteiger partial charge in [-0.3, -0.25) is 10.1 Å². The topological polar surface area (TPSA) is 73.3 Å². The van der Waals surface area contributed by atoms with E-state index in [0.717, 1.165) is 29.8 Å². The third-order valence-electron chi connectivity index (χ3n) is 4.13. The van der Waals surface area contributed by atoms with Crippen LogP contribution in [0.15, 0.2) is 30.5 Å². The highest BCUT2D eigenvalue weighted by Crippen LogP contribution is 2.51. The number of hydrogen-bond acceptors (Lipinski definition) is 5. The molecule has 112 valence electrons. The van der Waals surface area contributed by atoms with Crippen molar-refractivity contribution in [3.8, 4) is 11.5 Å². The smallest absolute Gasteiger partial charge is 0.237 e. The first-order valence-electron chi connectivity index (χ1n) is 7.19. The number of hydrogen-bond donors (Lipinski definition) is 1. The molecule has 1 amide bonds. The highest BCUT2D eigenvalue weighted by molar-refractivity contribution is 6.00. The second-order valence-corrected chi connectivity index (χ2v) is 5.63. The summed E-state index contributed by atoms with van der Waals surface area (Å²) in [6.45, 7) is 2.09. The molecule has 6 heteroatoms. The molecule has 1 aliphatic heterocycles. The number of ether oxygens (including phenoxy) is 2. The second kappa shape index (κ2) is 4.69.